The van der Waals surface area contributed by atoms with Gasteiger partial charge in [-0.2, -0.15) is 0 Å². The molecule has 0 aliphatic carbocycles. The molecule has 2 rings (SSSR count). The summed E-state index contributed by atoms with van der Waals surface area (Å²) in [6, 6.07) is 12.2. The maximum Gasteiger partial charge on any atom is 0.175 e. The molecule has 0 heterocycles. The highest BCUT2D eigenvalue weighted by molar-refractivity contribution is 7.90. The van der Waals surface area contributed by atoms with Gasteiger partial charge < -0.3 is 5.11 Å². The van der Waals surface area contributed by atoms with Crippen LogP contribution in [-0.2, 0) is 16.3 Å². The van der Waals surface area contributed by atoms with Crippen LogP contribution < -0.4 is 0 Å². The zero-order valence-corrected chi connectivity index (χ0v) is 11.8. The van der Waals surface area contributed by atoms with Crippen LogP contribution in [0.25, 0.3) is 0 Å². The third-order valence-corrected chi connectivity index (χ3v) is 4.19. The predicted molar refractivity (Wildman–Crippen MR) is 74.6 cm³/mol. The SMILES string of the molecule is CS(=O)(=O)c1ccc(C(O)Cc2ccccc2F)cc1. The predicted octanol–water partition coefficient (Wildman–Crippen LogP) is 2.51. The van der Waals surface area contributed by atoms with Gasteiger partial charge in [0.2, 0.25) is 0 Å². The Kier molecular flexibility index (Phi) is 4.20. The first kappa shape index (κ1) is 14.7. The summed E-state index contributed by atoms with van der Waals surface area (Å²) >= 11 is 0. The Bertz CT molecular complexity index is 693. The van der Waals surface area contributed by atoms with Crippen molar-refractivity contribution in [3.63, 3.8) is 0 Å². The molecule has 20 heavy (non-hydrogen) atoms. The molecule has 0 aliphatic rings. The molecule has 2 aromatic carbocycles. The van der Waals surface area contributed by atoms with E-state index in [1.165, 1.54) is 18.2 Å². The maximum absolute atomic E-state index is 13.5. The number of hydrogen-bond donors (Lipinski definition) is 1. The van der Waals surface area contributed by atoms with Crippen LogP contribution in [-0.4, -0.2) is 19.8 Å². The number of sulfone groups is 1. The minimum Gasteiger partial charge on any atom is -0.388 e. The van der Waals surface area contributed by atoms with Gasteiger partial charge in [0.05, 0.1) is 11.0 Å². The average molecular weight is 294 g/mol. The zero-order chi connectivity index (χ0) is 14.8. The minimum absolute atomic E-state index is 0.144. The van der Waals surface area contributed by atoms with E-state index in [0.29, 0.717) is 11.1 Å². The summed E-state index contributed by atoms with van der Waals surface area (Å²) in [5, 5.41) is 10.1. The van der Waals surface area contributed by atoms with Crippen LogP contribution in [0.1, 0.15) is 17.2 Å². The molecular formula is C15H15FO3S. The van der Waals surface area contributed by atoms with Gasteiger partial charge in [-0.3, -0.25) is 0 Å². The van der Waals surface area contributed by atoms with Crippen molar-refractivity contribution in [2.75, 3.05) is 6.26 Å². The lowest BCUT2D eigenvalue weighted by Crippen LogP contribution is -2.04. The van der Waals surface area contributed by atoms with E-state index in [0.717, 1.165) is 6.26 Å². The molecule has 0 fully saturated rings. The average Bonchev–Trinajstić information content (AvgIpc) is 2.40. The lowest BCUT2D eigenvalue weighted by atomic mass is 10.0. The second-order valence-electron chi connectivity index (χ2n) is 4.65. The van der Waals surface area contributed by atoms with E-state index in [2.05, 4.69) is 0 Å². The van der Waals surface area contributed by atoms with Crippen molar-refractivity contribution < 1.29 is 17.9 Å². The topological polar surface area (TPSA) is 54.4 Å². The van der Waals surface area contributed by atoms with Crippen molar-refractivity contribution in [1.29, 1.82) is 0 Å². The van der Waals surface area contributed by atoms with Gasteiger partial charge in [-0.25, -0.2) is 12.8 Å². The Balaban J connectivity index is 2.18. The molecule has 0 spiro atoms. The van der Waals surface area contributed by atoms with Crippen molar-refractivity contribution in [3.05, 3.63) is 65.5 Å². The summed E-state index contributed by atoms with van der Waals surface area (Å²) in [4.78, 5) is 0.194. The molecule has 0 amide bonds. The summed E-state index contributed by atoms with van der Waals surface area (Å²) in [5.41, 5.74) is 0.979. The largest absolute Gasteiger partial charge is 0.388 e. The van der Waals surface area contributed by atoms with Gasteiger partial charge in [-0.1, -0.05) is 30.3 Å². The molecule has 3 nitrogen and oxygen atoms in total. The van der Waals surface area contributed by atoms with Crippen LogP contribution in [0, 0.1) is 5.82 Å². The van der Waals surface area contributed by atoms with E-state index < -0.39 is 15.9 Å². The lowest BCUT2D eigenvalue weighted by molar-refractivity contribution is 0.177. The first-order valence-electron chi connectivity index (χ1n) is 6.09. The molecule has 1 unspecified atom stereocenters. The van der Waals surface area contributed by atoms with Gasteiger partial charge in [0, 0.05) is 12.7 Å². The van der Waals surface area contributed by atoms with Gasteiger partial charge in [0.15, 0.2) is 9.84 Å². The normalized spacial score (nSPS) is 13.2. The van der Waals surface area contributed by atoms with Crippen LogP contribution in [0.5, 0.6) is 0 Å². The van der Waals surface area contributed by atoms with Crippen LogP contribution >= 0.6 is 0 Å². The van der Waals surface area contributed by atoms with E-state index in [1.807, 2.05) is 0 Å². The second kappa shape index (κ2) is 5.73. The fourth-order valence-electron chi connectivity index (χ4n) is 1.93. The first-order chi connectivity index (χ1) is 9.38. The number of aliphatic hydroxyl groups is 1. The Hall–Kier alpha value is -1.72. The van der Waals surface area contributed by atoms with Gasteiger partial charge >= 0.3 is 0 Å². The van der Waals surface area contributed by atoms with E-state index in [-0.39, 0.29) is 17.1 Å². The second-order valence-corrected chi connectivity index (χ2v) is 6.67. The summed E-state index contributed by atoms with van der Waals surface area (Å²) < 4.78 is 36.2. The highest BCUT2D eigenvalue weighted by Gasteiger charge is 2.13. The molecule has 0 saturated heterocycles. The van der Waals surface area contributed by atoms with Crippen LogP contribution in [0.15, 0.2) is 53.4 Å². The number of hydrogen-bond acceptors (Lipinski definition) is 3. The van der Waals surface area contributed by atoms with Crippen molar-refractivity contribution in [1.82, 2.24) is 0 Å². The maximum atomic E-state index is 13.5. The standard InChI is InChI=1S/C15H15FO3S/c1-20(18,19)13-8-6-11(7-9-13)15(17)10-12-4-2-3-5-14(12)16/h2-9,15,17H,10H2,1H3. The Labute approximate surface area is 117 Å². The Morgan fingerprint density at radius 2 is 1.70 bits per heavy atom. The van der Waals surface area contributed by atoms with Gasteiger partial charge in [0.1, 0.15) is 5.82 Å². The molecule has 0 aromatic heterocycles. The van der Waals surface area contributed by atoms with Crippen molar-refractivity contribution in [3.8, 4) is 0 Å². The van der Waals surface area contributed by atoms with E-state index >= 15 is 0 Å². The molecule has 1 atom stereocenters. The number of rotatable bonds is 4. The molecule has 0 bridgehead atoms. The Morgan fingerprint density at radius 3 is 2.25 bits per heavy atom. The highest BCUT2D eigenvalue weighted by atomic mass is 32.2. The fraction of sp³-hybridized carbons (Fsp3) is 0.200. The summed E-state index contributed by atoms with van der Waals surface area (Å²) in [6.07, 6.45) is 0.392. The molecular weight excluding hydrogens is 279 g/mol. The molecule has 1 N–H and O–H groups in total. The molecule has 5 heteroatoms. The minimum atomic E-state index is -3.25. The van der Waals surface area contributed by atoms with Crippen LogP contribution in [0.3, 0.4) is 0 Å². The molecule has 0 saturated carbocycles. The smallest absolute Gasteiger partial charge is 0.175 e. The Morgan fingerprint density at radius 1 is 1.10 bits per heavy atom. The lowest BCUT2D eigenvalue weighted by Gasteiger charge is -2.12. The third-order valence-electron chi connectivity index (χ3n) is 3.06. The quantitative estimate of drug-likeness (QED) is 0.942. The van der Waals surface area contributed by atoms with Crippen LogP contribution in [0.2, 0.25) is 0 Å². The van der Waals surface area contributed by atoms with E-state index in [9.17, 15) is 17.9 Å². The van der Waals surface area contributed by atoms with Gasteiger partial charge in [-0.05, 0) is 29.3 Å². The van der Waals surface area contributed by atoms with E-state index in [1.54, 1.807) is 30.3 Å². The molecule has 0 radical (unpaired) electrons. The van der Waals surface area contributed by atoms with Crippen molar-refractivity contribution >= 4 is 9.84 Å². The summed E-state index contributed by atoms with van der Waals surface area (Å²) in [7, 11) is -3.25. The molecule has 2 aromatic rings. The van der Waals surface area contributed by atoms with E-state index in [4.69, 9.17) is 0 Å². The number of halogens is 1. The molecule has 106 valence electrons. The highest BCUT2D eigenvalue weighted by Crippen LogP contribution is 2.21. The number of benzene rings is 2. The summed E-state index contributed by atoms with van der Waals surface area (Å²) in [6.45, 7) is 0. The van der Waals surface area contributed by atoms with Crippen LogP contribution in [0.4, 0.5) is 4.39 Å². The van der Waals surface area contributed by atoms with Crippen molar-refractivity contribution in [2.24, 2.45) is 0 Å². The molecule has 0 aliphatic heterocycles. The summed E-state index contributed by atoms with van der Waals surface area (Å²) in [5.74, 6) is -0.362. The number of aliphatic hydroxyl groups excluding tert-OH is 1. The van der Waals surface area contributed by atoms with Gasteiger partial charge in [-0.15, -0.1) is 0 Å². The fourth-order valence-corrected chi connectivity index (χ4v) is 2.56. The van der Waals surface area contributed by atoms with Gasteiger partial charge in [0.25, 0.3) is 0 Å². The monoisotopic (exact) mass is 294 g/mol. The van der Waals surface area contributed by atoms with Crippen molar-refractivity contribution in [2.45, 2.75) is 17.4 Å². The third kappa shape index (κ3) is 3.43. The first-order valence-corrected chi connectivity index (χ1v) is 7.98. The zero-order valence-electron chi connectivity index (χ0n) is 11.0.